The number of amides is 2. The zero-order valence-corrected chi connectivity index (χ0v) is 12.0. The summed E-state index contributed by atoms with van der Waals surface area (Å²) in [6, 6.07) is 6.25. The van der Waals surface area contributed by atoms with Crippen LogP contribution in [0.25, 0.3) is 0 Å². The molecule has 21 heavy (non-hydrogen) atoms. The lowest BCUT2D eigenvalue weighted by Crippen LogP contribution is -2.29. The standard InChI is InChI=1S/C14H19N3O4/c1-17(2)8-7-12(18)16-11-5-3-10(4-6-11)14(21)15-9-13(19)20/h3-6H,7-9H2,1-2H3,(H,15,21)(H,16,18)(H,19,20). The number of hydrogen-bond donors (Lipinski definition) is 3. The minimum atomic E-state index is -1.10. The minimum Gasteiger partial charge on any atom is -0.480 e. The molecule has 114 valence electrons. The number of benzene rings is 1. The van der Waals surface area contributed by atoms with Gasteiger partial charge in [0.2, 0.25) is 5.91 Å². The molecular formula is C14H19N3O4. The molecule has 0 heterocycles. The summed E-state index contributed by atoms with van der Waals surface area (Å²) in [5, 5.41) is 13.5. The fraction of sp³-hybridized carbons (Fsp3) is 0.357. The Hall–Kier alpha value is -2.41. The number of carboxylic acid groups (broad SMARTS) is 1. The number of anilines is 1. The van der Waals surface area contributed by atoms with Crippen molar-refractivity contribution < 1.29 is 19.5 Å². The van der Waals surface area contributed by atoms with E-state index < -0.39 is 18.4 Å². The van der Waals surface area contributed by atoms with Crippen molar-refractivity contribution in [2.24, 2.45) is 0 Å². The van der Waals surface area contributed by atoms with Gasteiger partial charge in [0.05, 0.1) is 0 Å². The predicted octanol–water partition coefficient (Wildman–Crippen LogP) is 0.391. The third kappa shape index (κ3) is 6.53. The topological polar surface area (TPSA) is 98.7 Å². The van der Waals surface area contributed by atoms with E-state index in [1.807, 2.05) is 19.0 Å². The average molecular weight is 293 g/mol. The molecule has 1 aromatic rings. The van der Waals surface area contributed by atoms with Crippen molar-refractivity contribution in [2.45, 2.75) is 6.42 Å². The highest BCUT2D eigenvalue weighted by Crippen LogP contribution is 2.10. The quantitative estimate of drug-likeness (QED) is 0.675. The van der Waals surface area contributed by atoms with Crippen molar-refractivity contribution in [3.05, 3.63) is 29.8 Å². The van der Waals surface area contributed by atoms with Crippen LogP contribution in [-0.2, 0) is 9.59 Å². The Morgan fingerprint density at radius 1 is 1.14 bits per heavy atom. The van der Waals surface area contributed by atoms with E-state index in [1.54, 1.807) is 12.1 Å². The van der Waals surface area contributed by atoms with Crippen LogP contribution >= 0.6 is 0 Å². The van der Waals surface area contributed by atoms with E-state index >= 15 is 0 Å². The Balaban J connectivity index is 2.51. The molecule has 0 aliphatic rings. The van der Waals surface area contributed by atoms with Gasteiger partial charge in [-0.05, 0) is 38.4 Å². The van der Waals surface area contributed by atoms with Crippen LogP contribution in [0.15, 0.2) is 24.3 Å². The van der Waals surface area contributed by atoms with Crippen molar-refractivity contribution in [3.8, 4) is 0 Å². The summed E-state index contributed by atoms with van der Waals surface area (Å²) in [7, 11) is 3.77. The molecule has 3 N–H and O–H groups in total. The number of rotatable bonds is 7. The van der Waals surface area contributed by atoms with E-state index in [0.29, 0.717) is 24.2 Å². The fourth-order valence-electron chi connectivity index (χ4n) is 1.51. The maximum absolute atomic E-state index is 11.6. The van der Waals surface area contributed by atoms with Crippen LogP contribution in [0, 0.1) is 0 Å². The number of carboxylic acids is 1. The zero-order valence-electron chi connectivity index (χ0n) is 12.0. The van der Waals surface area contributed by atoms with E-state index in [-0.39, 0.29) is 5.91 Å². The van der Waals surface area contributed by atoms with Gasteiger partial charge >= 0.3 is 5.97 Å². The van der Waals surface area contributed by atoms with Crippen molar-refractivity contribution in [1.82, 2.24) is 10.2 Å². The maximum atomic E-state index is 11.6. The highest BCUT2D eigenvalue weighted by molar-refractivity contribution is 5.97. The summed E-state index contributed by atoms with van der Waals surface area (Å²) in [6.07, 6.45) is 0.383. The third-order valence-corrected chi connectivity index (χ3v) is 2.62. The molecule has 0 fully saturated rings. The Labute approximate surface area is 122 Å². The van der Waals surface area contributed by atoms with Gasteiger partial charge in [-0.3, -0.25) is 14.4 Å². The first kappa shape index (κ1) is 16.6. The normalized spacial score (nSPS) is 10.2. The van der Waals surface area contributed by atoms with Crippen LogP contribution in [0.1, 0.15) is 16.8 Å². The monoisotopic (exact) mass is 293 g/mol. The summed E-state index contributed by atoms with van der Waals surface area (Å²) >= 11 is 0. The molecular weight excluding hydrogens is 274 g/mol. The first-order chi connectivity index (χ1) is 9.88. The molecule has 1 rings (SSSR count). The van der Waals surface area contributed by atoms with Crippen LogP contribution < -0.4 is 10.6 Å². The largest absolute Gasteiger partial charge is 0.480 e. The predicted molar refractivity (Wildman–Crippen MR) is 78.2 cm³/mol. The van der Waals surface area contributed by atoms with Gasteiger partial charge in [0.25, 0.3) is 5.91 Å². The number of aliphatic carboxylic acids is 1. The van der Waals surface area contributed by atoms with Crippen molar-refractivity contribution in [3.63, 3.8) is 0 Å². The van der Waals surface area contributed by atoms with E-state index in [4.69, 9.17) is 5.11 Å². The second kappa shape index (κ2) is 8.01. The highest BCUT2D eigenvalue weighted by atomic mass is 16.4. The summed E-state index contributed by atoms with van der Waals surface area (Å²) < 4.78 is 0. The van der Waals surface area contributed by atoms with Crippen LogP contribution in [0.5, 0.6) is 0 Å². The number of carbonyl (C=O) groups excluding carboxylic acids is 2. The molecule has 0 bridgehead atoms. The summed E-state index contributed by atoms with van der Waals surface area (Å²) in [4.78, 5) is 35.5. The lowest BCUT2D eigenvalue weighted by molar-refractivity contribution is -0.135. The Bertz CT molecular complexity index is 511. The molecule has 0 aliphatic carbocycles. The molecule has 2 amide bonds. The number of nitrogens with zero attached hydrogens (tertiary/aromatic N) is 1. The molecule has 7 heteroatoms. The van der Waals surface area contributed by atoms with E-state index in [1.165, 1.54) is 12.1 Å². The van der Waals surface area contributed by atoms with E-state index in [2.05, 4.69) is 10.6 Å². The van der Waals surface area contributed by atoms with Crippen molar-refractivity contribution >= 4 is 23.5 Å². The number of hydrogen-bond acceptors (Lipinski definition) is 4. The van der Waals surface area contributed by atoms with Gasteiger partial charge in [-0.2, -0.15) is 0 Å². The second-order valence-electron chi connectivity index (χ2n) is 4.76. The molecule has 0 atom stereocenters. The number of carbonyl (C=O) groups is 3. The van der Waals surface area contributed by atoms with Crippen LogP contribution in [0.3, 0.4) is 0 Å². The molecule has 0 spiro atoms. The van der Waals surface area contributed by atoms with Gasteiger partial charge in [0.15, 0.2) is 0 Å². The van der Waals surface area contributed by atoms with E-state index in [0.717, 1.165) is 0 Å². The fourth-order valence-corrected chi connectivity index (χ4v) is 1.51. The molecule has 0 saturated carbocycles. The van der Waals surface area contributed by atoms with Crippen LogP contribution in [-0.4, -0.2) is 55.0 Å². The van der Waals surface area contributed by atoms with Crippen molar-refractivity contribution in [1.29, 1.82) is 0 Å². The first-order valence-corrected chi connectivity index (χ1v) is 6.43. The van der Waals surface area contributed by atoms with Crippen molar-refractivity contribution in [2.75, 3.05) is 32.5 Å². The molecule has 0 saturated heterocycles. The van der Waals surface area contributed by atoms with E-state index in [9.17, 15) is 14.4 Å². The SMILES string of the molecule is CN(C)CCC(=O)Nc1ccc(C(=O)NCC(=O)O)cc1. The third-order valence-electron chi connectivity index (χ3n) is 2.62. The van der Waals surface area contributed by atoms with Gasteiger partial charge in [-0.1, -0.05) is 0 Å². The molecule has 0 unspecified atom stereocenters. The summed E-state index contributed by atoms with van der Waals surface area (Å²) in [5.41, 5.74) is 0.927. The Kier molecular flexibility index (Phi) is 6.35. The van der Waals surface area contributed by atoms with Gasteiger partial charge in [-0.25, -0.2) is 0 Å². The Morgan fingerprint density at radius 2 is 1.76 bits per heavy atom. The summed E-state index contributed by atoms with van der Waals surface area (Å²) in [6.45, 7) is 0.226. The highest BCUT2D eigenvalue weighted by Gasteiger charge is 2.08. The number of nitrogens with one attached hydrogen (secondary N) is 2. The Morgan fingerprint density at radius 3 is 2.29 bits per heavy atom. The van der Waals surface area contributed by atoms with Crippen LogP contribution in [0.4, 0.5) is 5.69 Å². The average Bonchev–Trinajstić information content (AvgIpc) is 2.43. The maximum Gasteiger partial charge on any atom is 0.322 e. The van der Waals surface area contributed by atoms with Gasteiger partial charge in [0, 0.05) is 24.2 Å². The van der Waals surface area contributed by atoms with Gasteiger partial charge in [0.1, 0.15) is 6.54 Å². The molecule has 7 nitrogen and oxygen atoms in total. The first-order valence-electron chi connectivity index (χ1n) is 6.43. The molecule has 0 aliphatic heterocycles. The minimum absolute atomic E-state index is 0.105. The molecule has 1 aromatic carbocycles. The smallest absolute Gasteiger partial charge is 0.322 e. The molecule has 0 aromatic heterocycles. The zero-order chi connectivity index (χ0) is 15.8. The second-order valence-corrected chi connectivity index (χ2v) is 4.76. The summed E-state index contributed by atoms with van der Waals surface area (Å²) in [5.74, 6) is -1.68. The van der Waals surface area contributed by atoms with Crippen LogP contribution in [0.2, 0.25) is 0 Å². The molecule has 0 radical (unpaired) electrons. The lowest BCUT2D eigenvalue weighted by atomic mass is 10.2. The van der Waals surface area contributed by atoms with Gasteiger partial charge < -0.3 is 20.6 Å². The van der Waals surface area contributed by atoms with Gasteiger partial charge in [-0.15, -0.1) is 0 Å². The lowest BCUT2D eigenvalue weighted by Gasteiger charge is -2.10.